The molecule has 7 heteroatoms. The first kappa shape index (κ1) is 12.0. The van der Waals surface area contributed by atoms with Gasteiger partial charge in [-0.1, -0.05) is 6.92 Å². The number of hydrogen-bond acceptors (Lipinski definition) is 5. The molecule has 0 aromatic carbocycles. The molecule has 3 N–H and O–H groups in total. The predicted octanol–water partition coefficient (Wildman–Crippen LogP) is -1.58. The highest BCUT2D eigenvalue weighted by Gasteiger charge is 2.41. The van der Waals surface area contributed by atoms with Crippen LogP contribution in [0.25, 0.3) is 0 Å². The molecule has 94 valence electrons. The van der Waals surface area contributed by atoms with Crippen molar-refractivity contribution in [3.63, 3.8) is 0 Å². The topological polar surface area (TPSA) is 105 Å². The Morgan fingerprint density at radius 1 is 1.53 bits per heavy atom. The van der Waals surface area contributed by atoms with Crippen LogP contribution in [0, 0.1) is 5.92 Å². The lowest BCUT2D eigenvalue weighted by atomic mass is 10.0. The largest absolute Gasteiger partial charge is 0.394 e. The van der Waals surface area contributed by atoms with Gasteiger partial charge in [0.05, 0.1) is 12.7 Å². The van der Waals surface area contributed by atoms with E-state index < -0.39 is 29.7 Å². The van der Waals surface area contributed by atoms with Crippen molar-refractivity contribution in [3.8, 4) is 0 Å². The van der Waals surface area contributed by atoms with Gasteiger partial charge in [0.25, 0.3) is 5.56 Å². The second-order valence-corrected chi connectivity index (χ2v) is 4.11. The Labute approximate surface area is 96.3 Å². The second-order valence-electron chi connectivity index (χ2n) is 4.11. The van der Waals surface area contributed by atoms with Crippen molar-refractivity contribution in [3.05, 3.63) is 33.1 Å². The van der Waals surface area contributed by atoms with Gasteiger partial charge in [-0.15, -0.1) is 0 Å². The minimum atomic E-state index is -0.844. The summed E-state index contributed by atoms with van der Waals surface area (Å²) in [5.41, 5.74) is -1.09. The SMILES string of the molecule is C[C@@H]1[C@H](O)[C@@H](CO)O[C@H]1n1ccc(=O)[nH]c1=O. The minimum absolute atomic E-state index is 0.319. The zero-order valence-corrected chi connectivity index (χ0v) is 9.24. The van der Waals surface area contributed by atoms with Gasteiger partial charge in [-0.25, -0.2) is 4.79 Å². The molecular formula is C10H14N2O5. The van der Waals surface area contributed by atoms with E-state index in [9.17, 15) is 14.7 Å². The molecule has 2 heterocycles. The molecule has 1 aliphatic heterocycles. The molecule has 4 atom stereocenters. The zero-order chi connectivity index (χ0) is 12.6. The van der Waals surface area contributed by atoms with Gasteiger partial charge in [-0.2, -0.15) is 0 Å². The van der Waals surface area contributed by atoms with E-state index in [4.69, 9.17) is 9.84 Å². The molecule has 1 aromatic rings. The molecule has 0 unspecified atom stereocenters. The fraction of sp³-hybridized carbons (Fsp3) is 0.600. The van der Waals surface area contributed by atoms with Gasteiger partial charge in [0.15, 0.2) is 0 Å². The summed E-state index contributed by atoms with van der Waals surface area (Å²) in [6.45, 7) is 1.39. The van der Waals surface area contributed by atoms with Crippen molar-refractivity contribution in [1.29, 1.82) is 0 Å². The van der Waals surface area contributed by atoms with E-state index in [1.807, 2.05) is 0 Å². The quantitative estimate of drug-likeness (QED) is 0.580. The molecule has 17 heavy (non-hydrogen) atoms. The molecule has 0 radical (unpaired) electrons. The summed E-state index contributed by atoms with van der Waals surface area (Å²) < 4.78 is 6.58. The van der Waals surface area contributed by atoms with Crippen LogP contribution in [-0.4, -0.2) is 38.6 Å². The van der Waals surface area contributed by atoms with Crippen LogP contribution < -0.4 is 11.2 Å². The van der Waals surface area contributed by atoms with E-state index in [-0.39, 0.29) is 12.5 Å². The van der Waals surface area contributed by atoms with Crippen LogP contribution in [0.1, 0.15) is 13.2 Å². The highest BCUT2D eigenvalue weighted by atomic mass is 16.5. The van der Waals surface area contributed by atoms with Crippen LogP contribution in [0.3, 0.4) is 0 Å². The molecular weight excluding hydrogens is 228 g/mol. The lowest BCUT2D eigenvalue weighted by Gasteiger charge is -2.17. The molecule has 1 aliphatic rings. The smallest absolute Gasteiger partial charge is 0.330 e. The van der Waals surface area contributed by atoms with Crippen molar-refractivity contribution in [2.24, 2.45) is 5.92 Å². The average Bonchev–Trinajstić information content (AvgIpc) is 2.57. The fourth-order valence-electron chi connectivity index (χ4n) is 1.99. The fourth-order valence-corrected chi connectivity index (χ4v) is 1.99. The van der Waals surface area contributed by atoms with Crippen LogP contribution >= 0.6 is 0 Å². The van der Waals surface area contributed by atoms with E-state index in [1.54, 1.807) is 6.92 Å². The number of hydrogen-bond donors (Lipinski definition) is 3. The van der Waals surface area contributed by atoms with Crippen LogP contribution in [0.15, 0.2) is 21.9 Å². The zero-order valence-electron chi connectivity index (χ0n) is 9.24. The summed E-state index contributed by atoms with van der Waals surface area (Å²) in [6, 6.07) is 1.20. The van der Waals surface area contributed by atoms with Crippen LogP contribution in [0.4, 0.5) is 0 Å². The average molecular weight is 242 g/mol. The molecule has 0 saturated carbocycles. The summed E-state index contributed by atoms with van der Waals surface area (Å²) in [5.74, 6) is -0.351. The van der Waals surface area contributed by atoms with Gasteiger partial charge in [0, 0.05) is 18.2 Å². The predicted molar refractivity (Wildman–Crippen MR) is 57.5 cm³/mol. The maximum absolute atomic E-state index is 11.6. The van der Waals surface area contributed by atoms with E-state index in [0.29, 0.717) is 0 Å². The molecule has 2 rings (SSSR count). The Balaban J connectivity index is 2.35. The third kappa shape index (κ3) is 2.04. The molecule has 0 amide bonds. The summed E-state index contributed by atoms with van der Waals surface area (Å²) in [7, 11) is 0. The molecule has 0 spiro atoms. The standard InChI is InChI=1S/C10H14N2O5/c1-5-8(15)6(4-13)17-9(5)12-3-2-7(14)11-10(12)16/h2-3,5-6,8-9,13,15H,4H2,1H3,(H,11,14,16)/t5-,6-,8+,9-/m1/s1. The van der Waals surface area contributed by atoms with Crippen LogP contribution in [0.5, 0.6) is 0 Å². The Kier molecular flexibility index (Phi) is 3.14. The Bertz CT molecular complexity index is 508. The van der Waals surface area contributed by atoms with Gasteiger partial charge >= 0.3 is 5.69 Å². The van der Waals surface area contributed by atoms with Gasteiger partial charge in [-0.3, -0.25) is 14.3 Å². The number of aromatic amines is 1. The van der Waals surface area contributed by atoms with Crippen molar-refractivity contribution in [2.45, 2.75) is 25.4 Å². The first-order valence-electron chi connectivity index (χ1n) is 5.30. The minimum Gasteiger partial charge on any atom is -0.394 e. The molecule has 7 nitrogen and oxygen atoms in total. The van der Waals surface area contributed by atoms with E-state index >= 15 is 0 Å². The monoisotopic (exact) mass is 242 g/mol. The van der Waals surface area contributed by atoms with E-state index in [2.05, 4.69) is 4.98 Å². The van der Waals surface area contributed by atoms with Crippen molar-refractivity contribution in [2.75, 3.05) is 6.61 Å². The molecule has 1 fully saturated rings. The van der Waals surface area contributed by atoms with E-state index in [0.717, 1.165) is 0 Å². The number of nitrogens with one attached hydrogen (secondary N) is 1. The number of H-pyrrole nitrogens is 1. The first-order chi connectivity index (χ1) is 8.04. The number of aromatic nitrogens is 2. The first-order valence-corrected chi connectivity index (χ1v) is 5.30. The lowest BCUT2D eigenvalue weighted by molar-refractivity contribution is -0.0477. The maximum atomic E-state index is 11.6. The molecule has 0 aliphatic carbocycles. The van der Waals surface area contributed by atoms with E-state index in [1.165, 1.54) is 16.8 Å². The molecule has 1 aromatic heterocycles. The van der Waals surface area contributed by atoms with Crippen molar-refractivity contribution in [1.82, 2.24) is 9.55 Å². The van der Waals surface area contributed by atoms with Crippen LogP contribution in [0.2, 0.25) is 0 Å². The maximum Gasteiger partial charge on any atom is 0.330 e. The Hall–Kier alpha value is -1.44. The Morgan fingerprint density at radius 2 is 2.24 bits per heavy atom. The number of ether oxygens (including phenoxy) is 1. The number of aliphatic hydroxyl groups is 2. The third-order valence-electron chi connectivity index (χ3n) is 2.99. The highest BCUT2D eigenvalue weighted by molar-refractivity contribution is 4.91. The normalized spacial score (nSPS) is 32.9. The summed E-state index contributed by atoms with van der Waals surface area (Å²) >= 11 is 0. The Morgan fingerprint density at radius 3 is 2.76 bits per heavy atom. The third-order valence-corrected chi connectivity index (χ3v) is 2.99. The molecule has 1 saturated heterocycles. The van der Waals surface area contributed by atoms with Gasteiger partial charge in [0.1, 0.15) is 12.3 Å². The summed E-state index contributed by atoms with van der Waals surface area (Å²) in [6.07, 6.45) is -0.932. The molecule has 0 bridgehead atoms. The summed E-state index contributed by atoms with van der Waals surface area (Å²) in [4.78, 5) is 24.6. The van der Waals surface area contributed by atoms with Gasteiger partial charge < -0.3 is 14.9 Å². The van der Waals surface area contributed by atoms with Gasteiger partial charge in [-0.05, 0) is 0 Å². The number of rotatable bonds is 2. The number of nitrogens with zero attached hydrogens (tertiary/aromatic N) is 1. The second kappa shape index (κ2) is 4.44. The lowest BCUT2D eigenvalue weighted by Crippen LogP contribution is -2.33. The van der Waals surface area contributed by atoms with Gasteiger partial charge in [0.2, 0.25) is 0 Å². The number of aliphatic hydroxyl groups excluding tert-OH is 2. The van der Waals surface area contributed by atoms with Crippen molar-refractivity contribution >= 4 is 0 Å². The highest BCUT2D eigenvalue weighted by Crippen LogP contribution is 2.32. The van der Waals surface area contributed by atoms with Crippen molar-refractivity contribution < 1.29 is 14.9 Å². The summed E-state index contributed by atoms with van der Waals surface area (Å²) in [5, 5.41) is 18.8. The van der Waals surface area contributed by atoms with Crippen LogP contribution in [-0.2, 0) is 4.74 Å².